The molecule has 0 bridgehead atoms. The topological polar surface area (TPSA) is 49.3 Å². The largest absolute Gasteiger partial charge is 0.416 e. The van der Waals surface area contributed by atoms with Gasteiger partial charge in [0.25, 0.3) is 0 Å². The Kier molecular flexibility index (Phi) is 6.13. The second kappa shape index (κ2) is 8.73. The van der Waals surface area contributed by atoms with E-state index >= 15 is 0 Å². The van der Waals surface area contributed by atoms with Crippen molar-refractivity contribution in [3.05, 3.63) is 77.5 Å². The van der Waals surface area contributed by atoms with Crippen molar-refractivity contribution >= 4 is 16.9 Å². The van der Waals surface area contributed by atoms with Gasteiger partial charge in [-0.1, -0.05) is 36.4 Å². The lowest BCUT2D eigenvalue weighted by atomic mass is 10.1. The highest BCUT2D eigenvalue weighted by Crippen LogP contribution is 2.29. The normalized spacial score (nSPS) is 12.2. The van der Waals surface area contributed by atoms with Crippen LogP contribution in [-0.2, 0) is 19.1 Å². The second-order valence-corrected chi connectivity index (χ2v) is 6.29. The number of halogens is 3. The van der Waals surface area contributed by atoms with Crippen LogP contribution in [0.4, 0.5) is 13.2 Å². The number of alkyl halides is 3. The number of para-hydroxylation sites is 1. The van der Waals surface area contributed by atoms with Crippen molar-refractivity contribution in [3.63, 3.8) is 0 Å². The fourth-order valence-electron chi connectivity index (χ4n) is 2.90. The molecule has 1 aromatic heterocycles. The number of benzene rings is 2. The molecule has 0 aliphatic rings. The Hall–Kier alpha value is -3.09. The van der Waals surface area contributed by atoms with Crippen molar-refractivity contribution in [2.75, 3.05) is 13.6 Å². The van der Waals surface area contributed by atoms with Gasteiger partial charge in [0, 0.05) is 31.7 Å². The number of nitrogens with one attached hydrogen (secondary N) is 2. The highest BCUT2D eigenvalue weighted by atomic mass is 19.4. The molecule has 2 aromatic carbocycles. The molecule has 28 heavy (non-hydrogen) atoms. The third kappa shape index (κ3) is 5.00. The first-order valence-electron chi connectivity index (χ1n) is 8.90. The number of hydrogen-bond donors (Lipinski definition) is 2. The third-order valence-electron chi connectivity index (χ3n) is 4.37. The van der Waals surface area contributed by atoms with E-state index in [0.29, 0.717) is 19.0 Å². The van der Waals surface area contributed by atoms with Crippen molar-refractivity contribution in [1.82, 2.24) is 15.6 Å². The maximum Gasteiger partial charge on any atom is 0.416 e. The number of aliphatic imine (C=N–C) groups is 1. The van der Waals surface area contributed by atoms with Crippen LogP contribution in [0.5, 0.6) is 0 Å². The molecule has 0 amide bonds. The van der Waals surface area contributed by atoms with Gasteiger partial charge in [0.05, 0.1) is 11.1 Å². The zero-order valence-corrected chi connectivity index (χ0v) is 15.4. The molecule has 3 aromatic rings. The molecular formula is C21H21F3N4. The van der Waals surface area contributed by atoms with Gasteiger partial charge in [-0.15, -0.1) is 0 Å². The van der Waals surface area contributed by atoms with Gasteiger partial charge in [-0.25, -0.2) is 0 Å². The van der Waals surface area contributed by atoms with Crippen LogP contribution in [-0.4, -0.2) is 24.5 Å². The molecule has 0 atom stereocenters. The second-order valence-electron chi connectivity index (χ2n) is 6.29. The molecule has 0 aliphatic heterocycles. The number of guanidine groups is 1. The van der Waals surface area contributed by atoms with Crippen LogP contribution >= 0.6 is 0 Å². The predicted octanol–water partition coefficient (Wildman–Crippen LogP) is 4.16. The molecule has 4 nitrogen and oxygen atoms in total. The summed E-state index contributed by atoms with van der Waals surface area (Å²) in [5.74, 6) is 0.591. The minimum absolute atomic E-state index is 0.383. The van der Waals surface area contributed by atoms with Crippen molar-refractivity contribution in [2.45, 2.75) is 19.1 Å². The number of fused-ring (bicyclic) bond motifs is 1. The van der Waals surface area contributed by atoms with Crippen LogP contribution in [0, 0.1) is 0 Å². The smallest absolute Gasteiger partial charge is 0.356 e. The zero-order chi connectivity index (χ0) is 20.0. The summed E-state index contributed by atoms with van der Waals surface area (Å²) in [5, 5.41) is 7.43. The van der Waals surface area contributed by atoms with Gasteiger partial charge >= 0.3 is 6.18 Å². The summed E-state index contributed by atoms with van der Waals surface area (Å²) < 4.78 is 37.8. The Labute approximate surface area is 161 Å². The summed E-state index contributed by atoms with van der Waals surface area (Å²) >= 11 is 0. The molecule has 0 spiro atoms. The molecule has 0 unspecified atom stereocenters. The Morgan fingerprint density at radius 3 is 2.46 bits per heavy atom. The Morgan fingerprint density at radius 1 is 1.00 bits per heavy atom. The average molecular weight is 386 g/mol. The Balaban J connectivity index is 1.52. The monoisotopic (exact) mass is 386 g/mol. The van der Waals surface area contributed by atoms with Crippen LogP contribution in [0.25, 0.3) is 10.9 Å². The van der Waals surface area contributed by atoms with Crippen LogP contribution in [0.1, 0.15) is 16.7 Å². The maximum absolute atomic E-state index is 12.6. The van der Waals surface area contributed by atoms with E-state index in [1.54, 1.807) is 13.2 Å². The van der Waals surface area contributed by atoms with Crippen molar-refractivity contribution in [3.8, 4) is 0 Å². The van der Waals surface area contributed by atoms with Gasteiger partial charge in [0.15, 0.2) is 5.96 Å². The van der Waals surface area contributed by atoms with Crippen LogP contribution in [0.2, 0.25) is 0 Å². The molecular weight excluding hydrogens is 365 g/mol. The molecule has 0 saturated carbocycles. The van der Waals surface area contributed by atoms with E-state index in [1.165, 1.54) is 12.1 Å². The molecule has 0 aliphatic carbocycles. The quantitative estimate of drug-likeness (QED) is 0.511. The van der Waals surface area contributed by atoms with Gasteiger partial charge in [-0.3, -0.25) is 9.98 Å². The fourth-order valence-corrected chi connectivity index (χ4v) is 2.90. The lowest BCUT2D eigenvalue weighted by Crippen LogP contribution is -2.37. The number of rotatable bonds is 5. The molecule has 2 N–H and O–H groups in total. The number of nitrogens with zero attached hydrogens (tertiary/aromatic N) is 2. The molecule has 146 valence electrons. The van der Waals surface area contributed by atoms with Crippen LogP contribution < -0.4 is 10.6 Å². The molecule has 3 rings (SSSR count). The first kappa shape index (κ1) is 19.7. The van der Waals surface area contributed by atoms with Gasteiger partial charge in [0.2, 0.25) is 0 Å². The lowest BCUT2D eigenvalue weighted by Gasteiger charge is -2.13. The minimum atomic E-state index is -4.32. The predicted molar refractivity (Wildman–Crippen MR) is 105 cm³/mol. The third-order valence-corrected chi connectivity index (χ3v) is 4.37. The SMILES string of the molecule is CN=C(NCCc1cccc2cccnc12)NCc1ccc(C(F)(F)F)cc1. The van der Waals surface area contributed by atoms with Crippen molar-refractivity contribution in [1.29, 1.82) is 0 Å². The van der Waals surface area contributed by atoms with Gasteiger partial charge in [0.1, 0.15) is 0 Å². The highest BCUT2D eigenvalue weighted by molar-refractivity contribution is 5.82. The highest BCUT2D eigenvalue weighted by Gasteiger charge is 2.29. The molecule has 0 fully saturated rings. The van der Waals surface area contributed by atoms with Gasteiger partial charge in [-0.05, 0) is 35.7 Å². The number of pyridine rings is 1. The fraction of sp³-hybridized carbons (Fsp3) is 0.238. The van der Waals surface area contributed by atoms with E-state index in [4.69, 9.17) is 0 Å². The van der Waals surface area contributed by atoms with E-state index in [-0.39, 0.29) is 0 Å². The summed E-state index contributed by atoms with van der Waals surface area (Å²) in [4.78, 5) is 8.60. The first-order valence-corrected chi connectivity index (χ1v) is 8.90. The lowest BCUT2D eigenvalue weighted by molar-refractivity contribution is -0.137. The van der Waals surface area contributed by atoms with Crippen molar-refractivity contribution < 1.29 is 13.2 Å². The molecule has 0 radical (unpaired) electrons. The molecule has 0 saturated heterocycles. The Morgan fingerprint density at radius 2 is 1.75 bits per heavy atom. The summed E-state index contributed by atoms with van der Waals surface area (Å²) in [5.41, 5.74) is 2.22. The van der Waals surface area contributed by atoms with E-state index in [0.717, 1.165) is 40.6 Å². The van der Waals surface area contributed by atoms with E-state index in [1.807, 2.05) is 24.3 Å². The number of aromatic nitrogens is 1. The minimum Gasteiger partial charge on any atom is -0.356 e. The van der Waals surface area contributed by atoms with Gasteiger partial charge < -0.3 is 10.6 Å². The first-order chi connectivity index (χ1) is 13.5. The summed E-state index contributed by atoms with van der Waals surface area (Å²) in [6, 6.07) is 15.1. The Bertz CT molecular complexity index is 945. The standard InChI is InChI=1S/C21H21F3N4/c1-25-20(28-14-15-7-9-18(10-8-15)21(22,23)24)27-13-11-17-5-2-4-16-6-3-12-26-19(16)17/h2-10,12H,11,13-14H2,1H3,(H2,25,27,28). The van der Waals surface area contributed by atoms with E-state index in [9.17, 15) is 13.2 Å². The molecule has 7 heteroatoms. The van der Waals surface area contributed by atoms with Crippen LogP contribution in [0.15, 0.2) is 65.8 Å². The number of hydrogen-bond acceptors (Lipinski definition) is 2. The maximum atomic E-state index is 12.6. The zero-order valence-electron chi connectivity index (χ0n) is 15.4. The summed E-state index contributed by atoms with van der Waals surface area (Å²) in [6.45, 7) is 1.04. The van der Waals surface area contributed by atoms with E-state index < -0.39 is 11.7 Å². The summed E-state index contributed by atoms with van der Waals surface area (Å²) in [7, 11) is 1.65. The van der Waals surface area contributed by atoms with E-state index in [2.05, 4.69) is 26.7 Å². The van der Waals surface area contributed by atoms with Crippen molar-refractivity contribution in [2.24, 2.45) is 4.99 Å². The average Bonchev–Trinajstić information content (AvgIpc) is 2.70. The van der Waals surface area contributed by atoms with Crippen LogP contribution in [0.3, 0.4) is 0 Å². The summed E-state index contributed by atoms with van der Waals surface area (Å²) in [6.07, 6.45) is -1.76. The molecule has 1 heterocycles. The van der Waals surface area contributed by atoms with Gasteiger partial charge in [-0.2, -0.15) is 13.2 Å².